The largest absolute Gasteiger partial charge is 0.382 e. The van der Waals surface area contributed by atoms with Crippen molar-refractivity contribution in [2.45, 2.75) is 13.0 Å². The van der Waals surface area contributed by atoms with Gasteiger partial charge in [-0.2, -0.15) is 0 Å². The van der Waals surface area contributed by atoms with Gasteiger partial charge >= 0.3 is 0 Å². The molecule has 0 N–H and O–H groups in total. The van der Waals surface area contributed by atoms with Gasteiger partial charge < -0.3 is 14.2 Å². The topological polar surface area (TPSA) is 27.7 Å². The van der Waals surface area contributed by atoms with E-state index in [-0.39, 0.29) is 6.10 Å². The van der Waals surface area contributed by atoms with Crippen molar-refractivity contribution in [2.75, 3.05) is 33.5 Å². The van der Waals surface area contributed by atoms with Crippen LogP contribution in [-0.2, 0) is 14.2 Å². The van der Waals surface area contributed by atoms with Crippen LogP contribution in [0.25, 0.3) is 0 Å². The smallest absolute Gasteiger partial charge is 0.0781 e. The van der Waals surface area contributed by atoms with E-state index < -0.39 is 0 Å². The quantitative estimate of drug-likeness (QED) is 0.409. The molecule has 72 valence electrons. The summed E-state index contributed by atoms with van der Waals surface area (Å²) >= 11 is 0. The fraction of sp³-hybridized carbons (Fsp3) is 0.778. The molecule has 0 heterocycles. The molecule has 0 amide bonds. The summed E-state index contributed by atoms with van der Waals surface area (Å²) in [6.07, 6.45) is 1.85. The minimum Gasteiger partial charge on any atom is -0.382 e. The number of hydrogen-bond donors (Lipinski definition) is 0. The maximum absolute atomic E-state index is 5.34. The Morgan fingerprint density at radius 1 is 1.42 bits per heavy atom. The van der Waals surface area contributed by atoms with Gasteiger partial charge in [-0.1, -0.05) is 6.08 Å². The van der Waals surface area contributed by atoms with Crippen LogP contribution in [0.2, 0.25) is 0 Å². The molecule has 0 rings (SSSR count). The molecule has 0 saturated heterocycles. The Bertz CT molecular complexity index is 104. The van der Waals surface area contributed by atoms with Crippen LogP contribution in [0.5, 0.6) is 0 Å². The molecular weight excluding hydrogens is 156 g/mol. The van der Waals surface area contributed by atoms with Gasteiger partial charge in [-0.3, -0.25) is 0 Å². The van der Waals surface area contributed by atoms with E-state index in [9.17, 15) is 0 Å². The molecule has 0 spiro atoms. The molecular formula is C9H18O3. The molecule has 0 aromatic heterocycles. The van der Waals surface area contributed by atoms with E-state index in [2.05, 4.69) is 6.58 Å². The molecule has 0 radical (unpaired) electrons. The second-order valence-corrected chi connectivity index (χ2v) is 2.50. The Kier molecular flexibility index (Phi) is 8.44. The first-order valence-corrected chi connectivity index (χ1v) is 4.10. The van der Waals surface area contributed by atoms with Gasteiger partial charge in [-0.05, 0) is 6.92 Å². The van der Waals surface area contributed by atoms with Gasteiger partial charge in [0.05, 0.1) is 32.5 Å². The fourth-order valence-corrected chi connectivity index (χ4v) is 0.698. The lowest BCUT2D eigenvalue weighted by atomic mass is 10.4. The van der Waals surface area contributed by atoms with Gasteiger partial charge in [-0.15, -0.1) is 6.58 Å². The standard InChI is InChI=1S/C9H18O3/c1-4-5-11-8-9(2)12-7-6-10-3/h4,9H,1,5-8H2,2-3H3. The van der Waals surface area contributed by atoms with E-state index in [0.29, 0.717) is 26.4 Å². The molecule has 1 unspecified atom stereocenters. The van der Waals surface area contributed by atoms with Gasteiger partial charge in [-0.25, -0.2) is 0 Å². The summed E-state index contributed by atoms with van der Waals surface area (Å²) in [5, 5.41) is 0. The predicted octanol–water partition coefficient (Wildman–Crippen LogP) is 1.24. The van der Waals surface area contributed by atoms with Gasteiger partial charge in [0.1, 0.15) is 0 Å². The number of hydrogen-bond acceptors (Lipinski definition) is 3. The third-order valence-electron chi connectivity index (χ3n) is 1.28. The van der Waals surface area contributed by atoms with Crippen LogP contribution in [0.15, 0.2) is 12.7 Å². The average molecular weight is 174 g/mol. The lowest BCUT2D eigenvalue weighted by Crippen LogP contribution is -2.18. The molecule has 1 atom stereocenters. The van der Waals surface area contributed by atoms with Crippen molar-refractivity contribution in [3.05, 3.63) is 12.7 Å². The molecule has 0 aromatic carbocycles. The molecule has 3 nitrogen and oxygen atoms in total. The number of rotatable bonds is 8. The summed E-state index contributed by atoms with van der Waals surface area (Å²) in [4.78, 5) is 0. The molecule has 0 aliphatic carbocycles. The number of methoxy groups -OCH3 is 1. The summed E-state index contributed by atoms with van der Waals surface area (Å²) < 4.78 is 15.4. The highest BCUT2D eigenvalue weighted by Gasteiger charge is 2.00. The van der Waals surface area contributed by atoms with E-state index in [0.717, 1.165) is 0 Å². The summed E-state index contributed by atoms with van der Waals surface area (Å²) in [5.41, 5.74) is 0. The molecule has 0 saturated carbocycles. The zero-order chi connectivity index (χ0) is 9.23. The predicted molar refractivity (Wildman–Crippen MR) is 48.3 cm³/mol. The van der Waals surface area contributed by atoms with Crippen LogP contribution in [0.1, 0.15) is 6.92 Å². The van der Waals surface area contributed by atoms with Crippen molar-refractivity contribution < 1.29 is 14.2 Å². The van der Waals surface area contributed by atoms with Gasteiger partial charge in [0.2, 0.25) is 0 Å². The summed E-state index contributed by atoms with van der Waals surface area (Å²) in [7, 11) is 1.65. The first kappa shape index (κ1) is 11.6. The van der Waals surface area contributed by atoms with Gasteiger partial charge in [0, 0.05) is 7.11 Å². The Morgan fingerprint density at radius 2 is 2.17 bits per heavy atom. The van der Waals surface area contributed by atoms with Crippen molar-refractivity contribution in [2.24, 2.45) is 0 Å². The monoisotopic (exact) mass is 174 g/mol. The van der Waals surface area contributed by atoms with Crippen molar-refractivity contribution in [3.8, 4) is 0 Å². The van der Waals surface area contributed by atoms with Crippen molar-refractivity contribution in [1.29, 1.82) is 0 Å². The molecule has 12 heavy (non-hydrogen) atoms. The van der Waals surface area contributed by atoms with E-state index in [1.807, 2.05) is 6.92 Å². The Balaban J connectivity index is 3.09. The van der Waals surface area contributed by atoms with Crippen LogP contribution in [0.3, 0.4) is 0 Å². The van der Waals surface area contributed by atoms with Gasteiger partial charge in [0.25, 0.3) is 0 Å². The van der Waals surface area contributed by atoms with E-state index in [4.69, 9.17) is 14.2 Å². The van der Waals surface area contributed by atoms with Crippen LogP contribution < -0.4 is 0 Å². The third kappa shape index (κ3) is 7.72. The highest BCUT2D eigenvalue weighted by Crippen LogP contribution is 1.91. The Morgan fingerprint density at radius 3 is 2.75 bits per heavy atom. The van der Waals surface area contributed by atoms with Crippen LogP contribution >= 0.6 is 0 Å². The van der Waals surface area contributed by atoms with Crippen LogP contribution in [0, 0.1) is 0 Å². The maximum Gasteiger partial charge on any atom is 0.0781 e. The molecule has 0 aliphatic rings. The van der Waals surface area contributed by atoms with E-state index in [1.54, 1.807) is 13.2 Å². The van der Waals surface area contributed by atoms with Crippen LogP contribution in [0.4, 0.5) is 0 Å². The SMILES string of the molecule is C=CCOCC(C)OCCOC. The van der Waals surface area contributed by atoms with Gasteiger partial charge in [0.15, 0.2) is 0 Å². The lowest BCUT2D eigenvalue weighted by molar-refractivity contribution is -0.0183. The first-order valence-electron chi connectivity index (χ1n) is 4.10. The zero-order valence-electron chi connectivity index (χ0n) is 7.91. The normalized spacial score (nSPS) is 12.8. The minimum absolute atomic E-state index is 0.125. The average Bonchev–Trinajstić information content (AvgIpc) is 2.06. The summed E-state index contributed by atoms with van der Waals surface area (Å²) in [6, 6.07) is 0. The second-order valence-electron chi connectivity index (χ2n) is 2.50. The van der Waals surface area contributed by atoms with Crippen molar-refractivity contribution in [3.63, 3.8) is 0 Å². The molecule has 0 bridgehead atoms. The van der Waals surface area contributed by atoms with E-state index in [1.165, 1.54) is 0 Å². The Labute approximate surface area is 74.3 Å². The summed E-state index contributed by atoms with van der Waals surface area (Å²) in [5.74, 6) is 0. The highest BCUT2D eigenvalue weighted by molar-refractivity contribution is 4.64. The maximum atomic E-state index is 5.34. The molecule has 0 aliphatic heterocycles. The first-order chi connectivity index (χ1) is 5.81. The second kappa shape index (κ2) is 8.71. The minimum atomic E-state index is 0.125. The summed E-state index contributed by atoms with van der Waals surface area (Å²) in [6.45, 7) is 7.96. The van der Waals surface area contributed by atoms with Crippen molar-refractivity contribution in [1.82, 2.24) is 0 Å². The fourth-order valence-electron chi connectivity index (χ4n) is 0.698. The molecule has 0 aromatic rings. The molecule has 3 heteroatoms. The lowest BCUT2D eigenvalue weighted by Gasteiger charge is -2.11. The van der Waals surface area contributed by atoms with Crippen molar-refractivity contribution >= 4 is 0 Å². The Hall–Kier alpha value is -0.380. The molecule has 0 fully saturated rings. The number of ether oxygens (including phenoxy) is 3. The highest BCUT2D eigenvalue weighted by atomic mass is 16.5. The van der Waals surface area contributed by atoms with Crippen LogP contribution in [-0.4, -0.2) is 39.6 Å². The zero-order valence-corrected chi connectivity index (χ0v) is 7.91. The third-order valence-corrected chi connectivity index (χ3v) is 1.28. The van der Waals surface area contributed by atoms with E-state index >= 15 is 0 Å².